The molecule has 1 aliphatic carbocycles. The van der Waals surface area contributed by atoms with Gasteiger partial charge >= 0.3 is 0 Å². The molecule has 72 valence electrons. The summed E-state index contributed by atoms with van der Waals surface area (Å²) in [5, 5.41) is 0. The molecule has 1 heterocycles. The van der Waals surface area contributed by atoms with Crippen LogP contribution in [0.1, 0.15) is 31.5 Å². The van der Waals surface area contributed by atoms with Crippen LogP contribution in [0.25, 0.3) is 11.0 Å². The van der Waals surface area contributed by atoms with Crippen molar-refractivity contribution in [1.82, 2.24) is 9.97 Å². The average Bonchev–Trinajstić information content (AvgIpc) is 2.55. The van der Waals surface area contributed by atoms with Crippen molar-refractivity contribution in [1.29, 1.82) is 0 Å². The first-order valence-electron chi connectivity index (χ1n) is 5.27. The van der Waals surface area contributed by atoms with Crippen molar-refractivity contribution >= 4 is 11.0 Å². The maximum Gasteiger partial charge on any atom is 0.110 e. The highest BCUT2D eigenvalue weighted by atomic mass is 14.9. The SMILES string of the molecule is CC1CC(c2nc3ccccc3[nH]2)C1. The molecule has 2 nitrogen and oxygen atoms in total. The zero-order valence-electron chi connectivity index (χ0n) is 8.33. The molecule has 1 saturated carbocycles. The van der Waals surface area contributed by atoms with E-state index in [1.807, 2.05) is 12.1 Å². The van der Waals surface area contributed by atoms with E-state index >= 15 is 0 Å². The smallest absolute Gasteiger partial charge is 0.110 e. The lowest BCUT2D eigenvalue weighted by molar-refractivity contribution is 0.279. The summed E-state index contributed by atoms with van der Waals surface area (Å²) >= 11 is 0. The van der Waals surface area contributed by atoms with Gasteiger partial charge in [-0.15, -0.1) is 0 Å². The van der Waals surface area contributed by atoms with E-state index in [0.29, 0.717) is 5.92 Å². The van der Waals surface area contributed by atoms with Crippen LogP contribution in [0.2, 0.25) is 0 Å². The maximum absolute atomic E-state index is 4.61. The number of nitrogens with one attached hydrogen (secondary N) is 1. The summed E-state index contributed by atoms with van der Waals surface area (Å²) in [6.07, 6.45) is 2.58. The summed E-state index contributed by atoms with van der Waals surface area (Å²) in [5.41, 5.74) is 2.27. The first-order valence-corrected chi connectivity index (χ1v) is 5.27. The Bertz CT molecular complexity index is 419. The number of imidazole rings is 1. The van der Waals surface area contributed by atoms with Crippen LogP contribution >= 0.6 is 0 Å². The summed E-state index contributed by atoms with van der Waals surface area (Å²) in [5.74, 6) is 2.75. The van der Waals surface area contributed by atoms with Gasteiger partial charge in [0, 0.05) is 5.92 Å². The Morgan fingerprint density at radius 1 is 1.29 bits per heavy atom. The second kappa shape index (κ2) is 2.84. The molecule has 0 unspecified atom stereocenters. The number of H-pyrrole nitrogens is 1. The normalized spacial score (nSPS) is 26.4. The van der Waals surface area contributed by atoms with E-state index in [2.05, 4.69) is 29.0 Å². The van der Waals surface area contributed by atoms with Gasteiger partial charge in [-0.1, -0.05) is 19.1 Å². The number of rotatable bonds is 1. The molecule has 1 fully saturated rings. The number of nitrogens with zero attached hydrogens (tertiary/aromatic N) is 1. The highest BCUT2D eigenvalue weighted by molar-refractivity contribution is 5.74. The first-order chi connectivity index (χ1) is 6.83. The van der Waals surface area contributed by atoms with E-state index in [-0.39, 0.29) is 0 Å². The molecule has 2 heteroatoms. The molecule has 1 aromatic heterocycles. The Morgan fingerprint density at radius 3 is 2.79 bits per heavy atom. The fraction of sp³-hybridized carbons (Fsp3) is 0.417. The predicted molar refractivity (Wildman–Crippen MR) is 57.2 cm³/mol. The van der Waals surface area contributed by atoms with Crippen molar-refractivity contribution in [2.45, 2.75) is 25.7 Å². The van der Waals surface area contributed by atoms with E-state index in [9.17, 15) is 0 Å². The number of aromatic nitrogens is 2. The van der Waals surface area contributed by atoms with E-state index in [4.69, 9.17) is 0 Å². The van der Waals surface area contributed by atoms with Gasteiger partial charge in [0.1, 0.15) is 5.82 Å². The lowest BCUT2D eigenvalue weighted by Gasteiger charge is -2.30. The number of aromatic amines is 1. The molecule has 0 bridgehead atoms. The van der Waals surface area contributed by atoms with Crippen LogP contribution in [0.4, 0.5) is 0 Å². The highest BCUT2D eigenvalue weighted by Gasteiger charge is 2.28. The van der Waals surface area contributed by atoms with Gasteiger partial charge < -0.3 is 4.98 Å². The monoisotopic (exact) mass is 186 g/mol. The lowest BCUT2D eigenvalue weighted by Crippen LogP contribution is -2.19. The number of hydrogen-bond acceptors (Lipinski definition) is 1. The van der Waals surface area contributed by atoms with Gasteiger partial charge in [-0.2, -0.15) is 0 Å². The van der Waals surface area contributed by atoms with E-state index in [1.165, 1.54) is 24.2 Å². The zero-order valence-corrected chi connectivity index (χ0v) is 8.33. The maximum atomic E-state index is 4.61. The molecule has 0 amide bonds. The minimum Gasteiger partial charge on any atom is -0.342 e. The summed E-state index contributed by atoms with van der Waals surface area (Å²) < 4.78 is 0. The average molecular weight is 186 g/mol. The minimum absolute atomic E-state index is 0.678. The minimum atomic E-state index is 0.678. The lowest BCUT2D eigenvalue weighted by atomic mass is 9.76. The van der Waals surface area contributed by atoms with Crippen molar-refractivity contribution in [3.63, 3.8) is 0 Å². The standard InChI is InChI=1S/C12H14N2/c1-8-6-9(7-8)12-13-10-4-2-3-5-11(10)14-12/h2-5,8-9H,6-7H2,1H3,(H,13,14). The fourth-order valence-corrected chi connectivity index (χ4v) is 2.29. The first kappa shape index (κ1) is 8.04. The number of fused-ring (bicyclic) bond motifs is 1. The molecule has 0 atom stereocenters. The van der Waals surface area contributed by atoms with E-state index in [0.717, 1.165) is 11.4 Å². The third kappa shape index (κ3) is 1.14. The number of benzene rings is 1. The molecule has 1 aromatic carbocycles. The van der Waals surface area contributed by atoms with Gasteiger partial charge in [0.25, 0.3) is 0 Å². The molecule has 1 aliphatic rings. The van der Waals surface area contributed by atoms with Crippen LogP contribution in [0, 0.1) is 5.92 Å². The molecule has 2 aromatic rings. The Balaban J connectivity index is 1.99. The predicted octanol–water partition coefficient (Wildman–Crippen LogP) is 3.08. The van der Waals surface area contributed by atoms with Gasteiger partial charge in [0.2, 0.25) is 0 Å². The molecular formula is C12H14N2. The van der Waals surface area contributed by atoms with Crippen LogP contribution in [0.3, 0.4) is 0 Å². The van der Waals surface area contributed by atoms with Gasteiger partial charge in [0.15, 0.2) is 0 Å². The fourth-order valence-electron chi connectivity index (χ4n) is 2.29. The second-order valence-corrected chi connectivity index (χ2v) is 4.41. The molecule has 0 radical (unpaired) electrons. The van der Waals surface area contributed by atoms with Crippen molar-refractivity contribution in [3.05, 3.63) is 30.1 Å². The summed E-state index contributed by atoms with van der Waals surface area (Å²) in [4.78, 5) is 8.02. The number of hydrogen-bond donors (Lipinski definition) is 1. The summed E-state index contributed by atoms with van der Waals surface area (Å²) in [7, 11) is 0. The van der Waals surface area contributed by atoms with Crippen molar-refractivity contribution in [3.8, 4) is 0 Å². The van der Waals surface area contributed by atoms with Gasteiger partial charge in [-0.25, -0.2) is 4.98 Å². The Morgan fingerprint density at radius 2 is 2.07 bits per heavy atom. The topological polar surface area (TPSA) is 28.7 Å². The molecule has 14 heavy (non-hydrogen) atoms. The zero-order chi connectivity index (χ0) is 9.54. The van der Waals surface area contributed by atoms with Gasteiger partial charge in [0.05, 0.1) is 11.0 Å². The van der Waals surface area contributed by atoms with Gasteiger partial charge in [-0.3, -0.25) is 0 Å². The van der Waals surface area contributed by atoms with Crippen LogP contribution in [0.15, 0.2) is 24.3 Å². The van der Waals surface area contributed by atoms with E-state index in [1.54, 1.807) is 0 Å². The molecule has 0 spiro atoms. The van der Waals surface area contributed by atoms with Gasteiger partial charge in [-0.05, 0) is 30.9 Å². The third-order valence-electron chi connectivity index (χ3n) is 3.17. The summed E-state index contributed by atoms with van der Waals surface area (Å²) in [6.45, 7) is 2.30. The Hall–Kier alpha value is -1.31. The van der Waals surface area contributed by atoms with Crippen LogP contribution < -0.4 is 0 Å². The van der Waals surface area contributed by atoms with Crippen LogP contribution in [-0.2, 0) is 0 Å². The van der Waals surface area contributed by atoms with Crippen molar-refractivity contribution in [2.24, 2.45) is 5.92 Å². The van der Waals surface area contributed by atoms with Crippen molar-refractivity contribution < 1.29 is 0 Å². The number of para-hydroxylation sites is 2. The molecule has 0 saturated heterocycles. The third-order valence-corrected chi connectivity index (χ3v) is 3.17. The van der Waals surface area contributed by atoms with Crippen LogP contribution in [0.5, 0.6) is 0 Å². The molecular weight excluding hydrogens is 172 g/mol. The largest absolute Gasteiger partial charge is 0.342 e. The molecule has 3 rings (SSSR count). The van der Waals surface area contributed by atoms with Crippen LogP contribution in [-0.4, -0.2) is 9.97 Å². The quantitative estimate of drug-likeness (QED) is 0.728. The Labute approximate surface area is 83.4 Å². The highest BCUT2D eigenvalue weighted by Crippen LogP contribution is 2.40. The summed E-state index contributed by atoms with van der Waals surface area (Å²) in [6, 6.07) is 8.25. The second-order valence-electron chi connectivity index (χ2n) is 4.41. The van der Waals surface area contributed by atoms with Crippen molar-refractivity contribution in [2.75, 3.05) is 0 Å². The van der Waals surface area contributed by atoms with E-state index < -0.39 is 0 Å². The Kier molecular flexibility index (Phi) is 1.63. The molecule has 1 N–H and O–H groups in total. The molecule has 0 aliphatic heterocycles.